The van der Waals surface area contributed by atoms with Gasteiger partial charge in [-0.1, -0.05) is 6.42 Å². The van der Waals surface area contributed by atoms with E-state index < -0.39 is 0 Å². The lowest BCUT2D eigenvalue weighted by Gasteiger charge is -2.31. The molecule has 2 heterocycles. The fraction of sp³-hybridized carbons (Fsp3) is 0.533. The third-order valence-corrected chi connectivity index (χ3v) is 5.04. The molecule has 0 aromatic carbocycles. The molecule has 1 fully saturated rings. The van der Waals surface area contributed by atoms with E-state index in [9.17, 15) is 14.9 Å². The van der Waals surface area contributed by atoms with E-state index in [1.54, 1.807) is 0 Å². The van der Waals surface area contributed by atoms with Crippen LogP contribution >= 0.6 is 11.3 Å². The molecule has 1 unspecified atom stereocenters. The molecular formula is C15H19N3O2S. The average molecular weight is 305 g/mol. The van der Waals surface area contributed by atoms with Crippen LogP contribution in [-0.2, 0) is 9.59 Å². The molecule has 0 saturated carbocycles. The number of nitrogens with one attached hydrogen (secondary N) is 1. The van der Waals surface area contributed by atoms with Crippen LogP contribution in [0, 0.1) is 25.2 Å². The second kappa shape index (κ2) is 6.83. The highest BCUT2D eigenvalue weighted by Gasteiger charge is 2.24. The first-order valence-electron chi connectivity index (χ1n) is 7.06. The van der Waals surface area contributed by atoms with E-state index in [4.69, 9.17) is 0 Å². The van der Waals surface area contributed by atoms with Crippen LogP contribution in [0.25, 0.3) is 0 Å². The molecule has 2 rings (SSSR count). The lowest BCUT2D eigenvalue weighted by atomic mass is 10.0. The lowest BCUT2D eigenvalue weighted by molar-refractivity contribution is -0.120. The highest BCUT2D eigenvalue weighted by molar-refractivity contribution is 7.16. The first-order chi connectivity index (χ1) is 10.1. The molecule has 112 valence electrons. The molecule has 1 amide bonds. The maximum Gasteiger partial charge on any atom is 0.239 e. The number of aryl methyl sites for hydroxylation is 1. The minimum atomic E-state index is -0.165. The van der Waals surface area contributed by atoms with Gasteiger partial charge in [0, 0.05) is 4.88 Å². The van der Waals surface area contributed by atoms with E-state index in [1.165, 1.54) is 11.3 Å². The van der Waals surface area contributed by atoms with Crippen LogP contribution in [0.3, 0.4) is 0 Å². The van der Waals surface area contributed by atoms with Gasteiger partial charge in [0.15, 0.2) is 0 Å². The van der Waals surface area contributed by atoms with E-state index in [-0.39, 0.29) is 18.5 Å². The number of likely N-dealkylation sites (tertiary alicyclic amines) is 1. The van der Waals surface area contributed by atoms with Crippen molar-refractivity contribution in [2.45, 2.75) is 39.2 Å². The first-order valence-corrected chi connectivity index (χ1v) is 7.87. The maximum atomic E-state index is 12.2. The van der Waals surface area contributed by atoms with Crippen molar-refractivity contribution in [3.63, 3.8) is 0 Å². The Kier molecular flexibility index (Phi) is 5.10. The van der Waals surface area contributed by atoms with Gasteiger partial charge >= 0.3 is 0 Å². The molecule has 21 heavy (non-hydrogen) atoms. The van der Waals surface area contributed by atoms with Crippen molar-refractivity contribution in [1.82, 2.24) is 4.90 Å². The van der Waals surface area contributed by atoms with E-state index >= 15 is 0 Å². The second-order valence-corrected chi connectivity index (χ2v) is 6.54. The largest absolute Gasteiger partial charge is 0.315 e. The number of piperidine rings is 1. The van der Waals surface area contributed by atoms with E-state index in [1.807, 2.05) is 18.7 Å². The number of hydrogen-bond acceptors (Lipinski definition) is 5. The summed E-state index contributed by atoms with van der Waals surface area (Å²) in [5, 5.41) is 12.6. The molecule has 0 aliphatic carbocycles. The van der Waals surface area contributed by atoms with Crippen LogP contribution in [0.2, 0.25) is 0 Å². The molecule has 5 nitrogen and oxygen atoms in total. The summed E-state index contributed by atoms with van der Waals surface area (Å²) in [7, 11) is 0. The Hall–Kier alpha value is -1.71. The lowest BCUT2D eigenvalue weighted by Crippen LogP contribution is -2.44. The van der Waals surface area contributed by atoms with Crippen molar-refractivity contribution in [1.29, 1.82) is 5.26 Å². The number of nitrogens with zero attached hydrogens (tertiary/aromatic N) is 2. The monoisotopic (exact) mass is 305 g/mol. The normalized spacial score (nSPS) is 19.0. The summed E-state index contributed by atoms with van der Waals surface area (Å²) in [6, 6.07) is 1.98. The Labute approximate surface area is 128 Å². The summed E-state index contributed by atoms with van der Waals surface area (Å²) in [5.41, 5.74) is 1.46. The number of hydrogen-bond donors (Lipinski definition) is 1. The quantitative estimate of drug-likeness (QED) is 0.866. The van der Waals surface area contributed by atoms with E-state index in [0.717, 1.165) is 42.5 Å². The minimum absolute atomic E-state index is 0.160. The summed E-state index contributed by atoms with van der Waals surface area (Å²) in [6.45, 7) is 4.78. The zero-order chi connectivity index (χ0) is 15.4. The predicted octanol–water partition coefficient (Wildman–Crippen LogP) is 2.23. The predicted molar refractivity (Wildman–Crippen MR) is 82.4 cm³/mol. The van der Waals surface area contributed by atoms with Crippen molar-refractivity contribution in [3.05, 3.63) is 16.0 Å². The second-order valence-electron chi connectivity index (χ2n) is 5.32. The molecule has 1 N–H and O–H groups in total. The van der Waals surface area contributed by atoms with Gasteiger partial charge in [-0.25, -0.2) is 0 Å². The average Bonchev–Trinajstić information content (AvgIpc) is 2.73. The Morgan fingerprint density at radius 2 is 2.29 bits per heavy atom. The SMILES string of the molecule is Cc1sc(NC(=O)CN2CCCCC2C=O)c(C#N)c1C. The van der Waals surface area contributed by atoms with Crippen LogP contribution in [-0.4, -0.2) is 36.2 Å². The van der Waals surface area contributed by atoms with Gasteiger partial charge in [0.25, 0.3) is 0 Å². The van der Waals surface area contributed by atoms with Crippen molar-refractivity contribution >= 4 is 28.5 Å². The van der Waals surface area contributed by atoms with Crippen LogP contribution < -0.4 is 5.32 Å². The number of carbonyl (C=O) groups is 2. The Morgan fingerprint density at radius 1 is 1.52 bits per heavy atom. The molecule has 1 aromatic heterocycles. The zero-order valence-electron chi connectivity index (χ0n) is 12.3. The van der Waals surface area contributed by atoms with Gasteiger partial charge in [-0.2, -0.15) is 5.26 Å². The molecule has 1 aliphatic heterocycles. The number of rotatable bonds is 4. The summed E-state index contributed by atoms with van der Waals surface area (Å²) in [5.74, 6) is -0.165. The van der Waals surface area contributed by atoms with E-state index in [0.29, 0.717) is 10.6 Å². The van der Waals surface area contributed by atoms with Crippen LogP contribution in [0.5, 0.6) is 0 Å². The molecular weight excluding hydrogens is 286 g/mol. The standard InChI is InChI=1S/C15H19N3O2S/c1-10-11(2)21-15(13(10)7-16)17-14(20)8-18-6-4-3-5-12(18)9-19/h9,12H,3-6,8H2,1-2H3,(H,17,20). The molecule has 0 bridgehead atoms. The van der Waals surface area contributed by atoms with Crippen molar-refractivity contribution < 1.29 is 9.59 Å². The summed E-state index contributed by atoms with van der Waals surface area (Å²) < 4.78 is 0. The fourth-order valence-corrected chi connectivity index (χ4v) is 3.59. The minimum Gasteiger partial charge on any atom is -0.315 e. The number of anilines is 1. The summed E-state index contributed by atoms with van der Waals surface area (Å²) in [6.07, 6.45) is 3.78. The van der Waals surface area contributed by atoms with Crippen molar-refractivity contribution in [2.75, 3.05) is 18.4 Å². The van der Waals surface area contributed by atoms with Gasteiger partial charge in [0.1, 0.15) is 17.4 Å². The van der Waals surface area contributed by atoms with Crippen molar-refractivity contribution in [3.8, 4) is 6.07 Å². The number of nitriles is 1. The highest BCUT2D eigenvalue weighted by Crippen LogP contribution is 2.31. The number of carbonyl (C=O) groups excluding carboxylic acids is 2. The molecule has 0 radical (unpaired) electrons. The van der Waals surface area contributed by atoms with Gasteiger partial charge in [-0.05, 0) is 38.8 Å². The number of amides is 1. The summed E-state index contributed by atoms with van der Waals surface area (Å²) in [4.78, 5) is 26.1. The Balaban J connectivity index is 2.03. The highest BCUT2D eigenvalue weighted by atomic mass is 32.1. The third-order valence-electron chi connectivity index (χ3n) is 3.92. The van der Waals surface area contributed by atoms with Crippen LogP contribution in [0.1, 0.15) is 35.3 Å². The first kappa shape index (κ1) is 15.7. The Bertz CT molecular complexity index is 588. The van der Waals surface area contributed by atoms with Gasteiger partial charge < -0.3 is 10.1 Å². The van der Waals surface area contributed by atoms with Crippen molar-refractivity contribution in [2.24, 2.45) is 0 Å². The third kappa shape index (κ3) is 3.49. The smallest absolute Gasteiger partial charge is 0.239 e. The molecule has 1 aliphatic rings. The maximum absolute atomic E-state index is 12.2. The van der Waals surface area contributed by atoms with Gasteiger partial charge in [-0.15, -0.1) is 11.3 Å². The van der Waals surface area contributed by atoms with E-state index in [2.05, 4.69) is 11.4 Å². The molecule has 6 heteroatoms. The van der Waals surface area contributed by atoms with Crippen LogP contribution in [0.15, 0.2) is 0 Å². The fourth-order valence-electron chi connectivity index (χ4n) is 2.57. The van der Waals surface area contributed by atoms with Crippen LogP contribution in [0.4, 0.5) is 5.00 Å². The summed E-state index contributed by atoms with van der Waals surface area (Å²) >= 11 is 1.42. The number of aldehydes is 1. The zero-order valence-corrected chi connectivity index (χ0v) is 13.1. The molecule has 1 aromatic rings. The van der Waals surface area contributed by atoms with Gasteiger partial charge in [0.2, 0.25) is 5.91 Å². The van der Waals surface area contributed by atoms with Gasteiger partial charge in [0.05, 0.1) is 18.2 Å². The molecule has 1 saturated heterocycles. The molecule has 0 spiro atoms. The topological polar surface area (TPSA) is 73.2 Å². The van der Waals surface area contributed by atoms with Gasteiger partial charge in [-0.3, -0.25) is 9.69 Å². The number of thiophene rings is 1. The Morgan fingerprint density at radius 3 is 2.95 bits per heavy atom. The molecule has 1 atom stereocenters.